The van der Waals surface area contributed by atoms with E-state index in [1.807, 2.05) is 0 Å². The number of amides is 1. The van der Waals surface area contributed by atoms with Crippen molar-refractivity contribution in [1.82, 2.24) is 15.1 Å². The predicted octanol–water partition coefficient (Wildman–Crippen LogP) is -0.726. The Kier molecular flexibility index (Phi) is 3.53. The van der Waals surface area contributed by atoms with Gasteiger partial charge in [-0.2, -0.15) is 5.10 Å². The molecule has 0 atom stereocenters. The van der Waals surface area contributed by atoms with Crippen molar-refractivity contribution in [2.45, 2.75) is 18.4 Å². The van der Waals surface area contributed by atoms with Crippen LogP contribution in [-0.2, 0) is 11.8 Å². The summed E-state index contributed by atoms with van der Waals surface area (Å²) in [7, 11) is 1.65. The Morgan fingerprint density at radius 3 is 2.83 bits per heavy atom. The predicted molar refractivity (Wildman–Crippen MR) is 65.0 cm³/mol. The van der Waals surface area contributed by atoms with Crippen LogP contribution in [0.2, 0.25) is 0 Å². The molecule has 0 bridgehead atoms. The van der Waals surface area contributed by atoms with Crippen molar-refractivity contribution in [2.75, 3.05) is 25.6 Å². The summed E-state index contributed by atoms with van der Waals surface area (Å²) in [6, 6.07) is 0. The molecule has 1 amide bonds. The van der Waals surface area contributed by atoms with Gasteiger partial charge in [-0.1, -0.05) is 0 Å². The summed E-state index contributed by atoms with van der Waals surface area (Å²) < 4.78 is 6.67. The number of anilines is 1. The van der Waals surface area contributed by atoms with Crippen LogP contribution in [0.4, 0.5) is 5.69 Å². The van der Waals surface area contributed by atoms with Crippen LogP contribution in [0.5, 0.6) is 0 Å². The van der Waals surface area contributed by atoms with Crippen molar-refractivity contribution >= 4 is 11.6 Å². The molecule has 1 aromatic heterocycles. The molecule has 2 heterocycles. The second kappa shape index (κ2) is 4.95. The minimum absolute atomic E-state index is 0.111. The second-order valence-corrected chi connectivity index (χ2v) is 4.58. The number of nitrogens with two attached hydrogens (primary N) is 1. The number of hydrogen-bond acceptors (Lipinski definition) is 5. The summed E-state index contributed by atoms with van der Waals surface area (Å²) in [5, 5.41) is 16.3. The van der Waals surface area contributed by atoms with Crippen molar-refractivity contribution < 1.29 is 14.6 Å². The van der Waals surface area contributed by atoms with Crippen LogP contribution in [0.25, 0.3) is 0 Å². The lowest BCUT2D eigenvalue weighted by Crippen LogP contribution is -2.55. The number of aryl methyl sites for hydroxylation is 1. The number of carbonyl (C=O) groups excluding carboxylic acids is 1. The normalized spacial score (nSPS) is 18.6. The Bertz CT molecular complexity index is 418. The lowest BCUT2D eigenvalue weighted by Gasteiger charge is -2.36. The van der Waals surface area contributed by atoms with E-state index in [1.54, 1.807) is 7.05 Å². The molecule has 0 saturated carbocycles. The fraction of sp³-hybridized carbons (Fsp3) is 0.636. The lowest BCUT2D eigenvalue weighted by molar-refractivity contribution is 0.0123. The van der Waals surface area contributed by atoms with Gasteiger partial charge in [-0.15, -0.1) is 0 Å². The first-order valence-corrected chi connectivity index (χ1v) is 5.86. The Morgan fingerprint density at radius 1 is 1.67 bits per heavy atom. The van der Waals surface area contributed by atoms with Crippen LogP contribution in [0.1, 0.15) is 23.3 Å². The number of nitrogens with zero attached hydrogens (tertiary/aromatic N) is 2. The van der Waals surface area contributed by atoms with Crippen LogP contribution in [0.15, 0.2) is 6.20 Å². The van der Waals surface area contributed by atoms with Gasteiger partial charge in [-0.05, 0) is 12.8 Å². The molecular weight excluding hydrogens is 236 g/mol. The smallest absolute Gasteiger partial charge is 0.272 e. The van der Waals surface area contributed by atoms with Gasteiger partial charge in [0.15, 0.2) is 0 Å². The number of carbonyl (C=O) groups is 1. The first-order valence-electron chi connectivity index (χ1n) is 5.86. The van der Waals surface area contributed by atoms with Gasteiger partial charge in [-0.25, -0.2) is 0 Å². The minimum atomic E-state index is -0.619. The molecule has 100 valence electrons. The van der Waals surface area contributed by atoms with E-state index in [4.69, 9.17) is 10.5 Å². The maximum Gasteiger partial charge on any atom is 0.272 e. The maximum atomic E-state index is 12.2. The van der Waals surface area contributed by atoms with Gasteiger partial charge < -0.3 is 20.9 Å². The largest absolute Gasteiger partial charge is 0.396 e. The molecule has 18 heavy (non-hydrogen) atoms. The quantitative estimate of drug-likeness (QED) is 0.660. The van der Waals surface area contributed by atoms with Crippen LogP contribution in [0, 0.1) is 0 Å². The third kappa shape index (κ3) is 2.32. The summed E-state index contributed by atoms with van der Waals surface area (Å²) in [5.41, 5.74) is 5.72. The average molecular weight is 254 g/mol. The minimum Gasteiger partial charge on any atom is -0.396 e. The van der Waals surface area contributed by atoms with Crippen molar-refractivity contribution in [2.24, 2.45) is 7.05 Å². The van der Waals surface area contributed by atoms with E-state index in [9.17, 15) is 9.90 Å². The molecule has 7 nitrogen and oxygen atoms in total. The van der Waals surface area contributed by atoms with E-state index >= 15 is 0 Å². The van der Waals surface area contributed by atoms with Crippen molar-refractivity contribution in [1.29, 1.82) is 0 Å². The number of aliphatic hydroxyl groups excluding tert-OH is 1. The maximum absolute atomic E-state index is 12.2. The summed E-state index contributed by atoms with van der Waals surface area (Å²) in [6.45, 7) is 0.948. The van der Waals surface area contributed by atoms with Crippen molar-refractivity contribution in [3.8, 4) is 0 Å². The third-order valence-electron chi connectivity index (χ3n) is 3.31. The van der Waals surface area contributed by atoms with Crippen LogP contribution in [-0.4, -0.2) is 46.2 Å². The highest BCUT2D eigenvalue weighted by molar-refractivity contribution is 5.97. The van der Waals surface area contributed by atoms with Crippen molar-refractivity contribution in [3.05, 3.63) is 11.9 Å². The SMILES string of the molecule is Cn1ncc(N)c1C(=O)NC1(CO)CCOCC1. The summed E-state index contributed by atoms with van der Waals surface area (Å²) in [6.07, 6.45) is 2.62. The van der Waals surface area contributed by atoms with Gasteiger partial charge in [-0.3, -0.25) is 9.48 Å². The van der Waals surface area contributed by atoms with E-state index in [2.05, 4.69) is 10.4 Å². The highest BCUT2D eigenvalue weighted by Crippen LogP contribution is 2.21. The molecule has 0 unspecified atom stereocenters. The molecule has 1 aromatic rings. The average Bonchev–Trinajstić information content (AvgIpc) is 2.70. The molecule has 4 N–H and O–H groups in total. The van der Waals surface area contributed by atoms with Crippen LogP contribution < -0.4 is 11.1 Å². The number of aliphatic hydroxyl groups is 1. The van der Waals surface area contributed by atoms with Gasteiger partial charge in [0.1, 0.15) is 5.69 Å². The molecule has 1 aliphatic rings. The number of nitrogens with one attached hydrogen (secondary N) is 1. The number of rotatable bonds is 3. The summed E-state index contributed by atoms with van der Waals surface area (Å²) in [4.78, 5) is 12.2. The molecule has 7 heteroatoms. The number of hydrogen-bond donors (Lipinski definition) is 3. The summed E-state index contributed by atoms with van der Waals surface area (Å²) in [5.74, 6) is -0.316. The molecule has 1 fully saturated rings. The Balaban J connectivity index is 2.15. The second-order valence-electron chi connectivity index (χ2n) is 4.58. The molecule has 1 aliphatic heterocycles. The molecule has 0 aliphatic carbocycles. The van der Waals surface area contributed by atoms with E-state index in [1.165, 1.54) is 10.9 Å². The zero-order valence-corrected chi connectivity index (χ0v) is 10.3. The highest BCUT2D eigenvalue weighted by Gasteiger charge is 2.34. The number of ether oxygens (including phenoxy) is 1. The monoisotopic (exact) mass is 254 g/mol. The molecule has 0 radical (unpaired) electrons. The molecule has 0 aromatic carbocycles. The van der Waals surface area contributed by atoms with Gasteiger partial charge >= 0.3 is 0 Å². The topological polar surface area (TPSA) is 102 Å². The Labute approximate surface area is 105 Å². The highest BCUT2D eigenvalue weighted by atomic mass is 16.5. The molecule has 2 rings (SSSR count). The first-order chi connectivity index (χ1) is 8.58. The van der Waals surface area contributed by atoms with E-state index in [0.717, 1.165) is 0 Å². The Hall–Kier alpha value is -1.60. The van der Waals surface area contributed by atoms with Gasteiger partial charge in [0.05, 0.1) is 24.0 Å². The van der Waals surface area contributed by atoms with Gasteiger partial charge in [0.25, 0.3) is 5.91 Å². The third-order valence-corrected chi connectivity index (χ3v) is 3.31. The standard InChI is InChI=1S/C11H18N4O3/c1-15-9(8(12)6-13-15)10(17)14-11(7-16)2-4-18-5-3-11/h6,16H,2-5,7,12H2,1H3,(H,14,17). The van der Waals surface area contributed by atoms with E-state index in [-0.39, 0.29) is 12.5 Å². The van der Waals surface area contributed by atoms with Crippen molar-refractivity contribution in [3.63, 3.8) is 0 Å². The fourth-order valence-electron chi connectivity index (χ4n) is 2.12. The zero-order valence-electron chi connectivity index (χ0n) is 10.3. The van der Waals surface area contributed by atoms with Gasteiger partial charge in [0.2, 0.25) is 0 Å². The fourth-order valence-corrected chi connectivity index (χ4v) is 2.12. The molecule has 1 saturated heterocycles. The van der Waals surface area contributed by atoms with Crippen LogP contribution >= 0.6 is 0 Å². The lowest BCUT2D eigenvalue weighted by atomic mass is 9.91. The molecule has 0 spiro atoms. The number of nitrogen functional groups attached to an aromatic ring is 1. The van der Waals surface area contributed by atoms with E-state index < -0.39 is 5.54 Å². The Morgan fingerprint density at radius 2 is 2.33 bits per heavy atom. The molecular formula is C11H18N4O3. The number of aromatic nitrogens is 2. The van der Waals surface area contributed by atoms with Crippen LogP contribution in [0.3, 0.4) is 0 Å². The first kappa shape index (κ1) is 12.8. The zero-order chi connectivity index (χ0) is 13.2. The summed E-state index contributed by atoms with van der Waals surface area (Å²) >= 11 is 0. The van der Waals surface area contributed by atoms with Gasteiger partial charge in [0, 0.05) is 20.3 Å². The van der Waals surface area contributed by atoms with E-state index in [0.29, 0.717) is 37.4 Å².